The third kappa shape index (κ3) is 2.81. The second-order valence-electron chi connectivity index (χ2n) is 4.70. The first-order valence-electron chi connectivity index (χ1n) is 6.31. The third-order valence-electron chi connectivity index (χ3n) is 3.40. The van der Waals surface area contributed by atoms with E-state index in [9.17, 15) is 4.79 Å². The summed E-state index contributed by atoms with van der Waals surface area (Å²) in [5, 5.41) is 5.37. The summed E-state index contributed by atoms with van der Waals surface area (Å²) in [7, 11) is 0. The summed E-state index contributed by atoms with van der Waals surface area (Å²) in [6.07, 6.45) is 1.45. The Morgan fingerprint density at radius 2 is 2.32 bits per heavy atom. The van der Waals surface area contributed by atoms with Crippen LogP contribution in [0.5, 0.6) is 0 Å². The molecule has 0 saturated heterocycles. The van der Waals surface area contributed by atoms with Crippen LogP contribution in [-0.2, 0) is 19.4 Å². The molecule has 0 amide bonds. The summed E-state index contributed by atoms with van der Waals surface area (Å²) in [6, 6.07) is 8.10. The topological polar surface area (TPSA) is 29.1 Å². The maximum Gasteiger partial charge on any atom is 0.168 e. The molecule has 0 radical (unpaired) electrons. The average molecular weight is 336 g/mol. The van der Waals surface area contributed by atoms with Crippen molar-refractivity contribution in [1.82, 2.24) is 5.32 Å². The van der Waals surface area contributed by atoms with Gasteiger partial charge in [0.25, 0.3) is 0 Å². The fourth-order valence-electron chi connectivity index (χ4n) is 2.49. The molecular formula is C15H14BrNOS. The van der Waals surface area contributed by atoms with Crippen LogP contribution in [0.25, 0.3) is 0 Å². The summed E-state index contributed by atoms with van der Waals surface area (Å²) in [4.78, 5) is 13.6. The second kappa shape index (κ2) is 5.57. The summed E-state index contributed by atoms with van der Waals surface area (Å²) >= 11 is 5.06. The van der Waals surface area contributed by atoms with Crippen molar-refractivity contribution in [3.8, 4) is 0 Å². The van der Waals surface area contributed by atoms with Crippen molar-refractivity contribution < 1.29 is 4.79 Å². The van der Waals surface area contributed by atoms with Gasteiger partial charge in [-0.1, -0.05) is 18.2 Å². The Balaban J connectivity index is 1.87. The van der Waals surface area contributed by atoms with E-state index in [2.05, 4.69) is 27.3 Å². The van der Waals surface area contributed by atoms with E-state index in [0.29, 0.717) is 6.42 Å². The van der Waals surface area contributed by atoms with Gasteiger partial charge in [-0.25, -0.2) is 0 Å². The van der Waals surface area contributed by atoms with Crippen molar-refractivity contribution >= 4 is 33.0 Å². The first-order chi connectivity index (χ1) is 9.24. The van der Waals surface area contributed by atoms with E-state index < -0.39 is 0 Å². The van der Waals surface area contributed by atoms with Crippen molar-refractivity contribution in [3.05, 3.63) is 55.7 Å². The summed E-state index contributed by atoms with van der Waals surface area (Å²) in [5.41, 5.74) is 3.41. The van der Waals surface area contributed by atoms with Gasteiger partial charge in [-0.2, -0.15) is 0 Å². The molecule has 1 aromatic heterocycles. The first kappa shape index (κ1) is 13.0. The van der Waals surface area contributed by atoms with E-state index in [-0.39, 0.29) is 5.78 Å². The number of ketones is 1. The summed E-state index contributed by atoms with van der Waals surface area (Å²) in [5.74, 6) is 0.230. The molecule has 0 aliphatic carbocycles. The molecular weight excluding hydrogens is 322 g/mol. The molecule has 1 aromatic carbocycles. The molecule has 2 heterocycles. The van der Waals surface area contributed by atoms with Crippen LogP contribution in [0.4, 0.5) is 0 Å². The first-order valence-corrected chi connectivity index (χ1v) is 7.99. The highest BCUT2D eigenvalue weighted by Crippen LogP contribution is 2.24. The number of hydrogen-bond donors (Lipinski definition) is 1. The predicted molar refractivity (Wildman–Crippen MR) is 81.9 cm³/mol. The van der Waals surface area contributed by atoms with Gasteiger partial charge >= 0.3 is 0 Å². The van der Waals surface area contributed by atoms with Crippen LogP contribution in [0.3, 0.4) is 0 Å². The normalized spacial score (nSPS) is 14.2. The molecule has 1 aliphatic heterocycles. The molecule has 2 aromatic rings. The van der Waals surface area contributed by atoms with Gasteiger partial charge in [0.15, 0.2) is 5.78 Å². The van der Waals surface area contributed by atoms with Crippen molar-refractivity contribution in [3.63, 3.8) is 0 Å². The van der Waals surface area contributed by atoms with Gasteiger partial charge in [0.1, 0.15) is 0 Å². The van der Waals surface area contributed by atoms with Gasteiger partial charge in [-0.3, -0.25) is 4.79 Å². The maximum atomic E-state index is 12.5. The van der Waals surface area contributed by atoms with E-state index in [1.807, 2.05) is 23.6 Å². The Morgan fingerprint density at radius 3 is 3.11 bits per heavy atom. The zero-order valence-corrected chi connectivity index (χ0v) is 12.8. The van der Waals surface area contributed by atoms with Gasteiger partial charge in [0.2, 0.25) is 0 Å². The monoisotopic (exact) mass is 335 g/mol. The van der Waals surface area contributed by atoms with Crippen LogP contribution in [0.1, 0.15) is 26.4 Å². The number of Topliss-reactive ketones (excluding diaryl/α,β-unsaturated/α-hetero) is 1. The molecule has 2 nitrogen and oxygen atoms in total. The zero-order valence-electron chi connectivity index (χ0n) is 10.4. The minimum atomic E-state index is 0.230. The lowest BCUT2D eigenvalue weighted by Gasteiger charge is -2.19. The molecule has 0 bridgehead atoms. The van der Waals surface area contributed by atoms with Gasteiger partial charge in [-0.15, -0.1) is 11.3 Å². The zero-order chi connectivity index (χ0) is 13.2. The Bertz CT molecular complexity index is 620. The Kier molecular flexibility index (Phi) is 3.82. The quantitative estimate of drug-likeness (QED) is 0.868. The van der Waals surface area contributed by atoms with Crippen molar-refractivity contribution in [2.24, 2.45) is 0 Å². The van der Waals surface area contributed by atoms with Crippen LogP contribution >= 0.6 is 27.3 Å². The van der Waals surface area contributed by atoms with Crippen molar-refractivity contribution in [2.45, 2.75) is 19.4 Å². The van der Waals surface area contributed by atoms with Crippen LogP contribution in [0.2, 0.25) is 0 Å². The highest BCUT2D eigenvalue weighted by Gasteiger charge is 2.17. The van der Waals surface area contributed by atoms with Crippen LogP contribution < -0.4 is 5.32 Å². The number of halogens is 1. The predicted octanol–water partition coefficient (Wildman–Crippen LogP) is 3.58. The molecule has 19 heavy (non-hydrogen) atoms. The number of hydrogen-bond acceptors (Lipinski definition) is 3. The van der Waals surface area contributed by atoms with Gasteiger partial charge in [-0.05, 0) is 46.1 Å². The van der Waals surface area contributed by atoms with Crippen molar-refractivity contribution in [2.75, 3.05) is 6.54 Å². The molecule has 1 N–H and O–H groups in total. The van der Waals surface area contributed by atoms with E-state index >= 15 is 0 Å². The summed E-state index contributed by atoms with van der Waals surface area (Å²) < 4.78 is 1.06. The lowest BCUT2D eigenvalue weighted by molar-refractivity contribution is 0.0992. The number of carbonyl (C=O) groups is 1. The van der Waals surface area contributed by atoms with Crippen LogP contribution in [0, 0.1) is 0 Å². The molecule has 0 atom stereocenters. The highest BCUT2D eigenvalue weighted by atomic mass is 79.9. The molecule has 0 saturated carbocycles. The van der Waals surface area contributed by atoms with Crippen molar-refractivity contribution in [1.29, 1.82) is 0 Å². The number of carbonyl (C=O) groups excluding carboxylic acids is 1. The maximum absolute atomic E-state index is 12.5. The average Bonchev–Trinajstić information content (AvgIpc) is 2.83. The lowest BCUT2D eigenvalue weighted by atomic mass is 9.92. The molecule has 0 fully saturated rings. The van der Waals surface area contributed by atoms with Gasteiger partial charge < -0.3 is 5.32 Å². The number of thiophene rings is 1. The minimum Gasteiger partial charge on any atom is -0.312 e. The SMILES string of the molecule is O=C(Cc1cc(Br)cs1)c1cccc2c1CCNC2. The number of rotatable bonds is 3. The van der Waals surface area contributed by atoms with Gasteiger partial charge in [0.05, 0.1) is 0 Å². The van der Waals surface area contributed by atoms with E-state index in [0.717, 1.165) is 34.4 Å². The molecule has 3 rings (SSSR count). The molecule has 0 unspecified atom stereocenters. The van der Waals surface area contributed by atoms with E-state index in [1.165, 1.54) is 11.1 Å². The molecule has 4 heteroatoms. The summed E-state index contributed by atoms with van der Waals surface area (Å²) in [6.45, 7) is 1.84. The van der Waals surface area contributed by atoms with Gasteiger partial charge in [0, 0.05) is 33.3 Å². The number of fused-ring (bicyclic) bond motifs is 1. The standard InChI is InChI=1S/C15H14BrNOS/c16-11-6-12(19-9-11)7-15(18)14-3-1-2-10-8-17-5-4-13(10)14/h1-3,6,9,17H,4-5,7-8H2. The Labute approximate surface area is 125 Å². The van der Waals surface area contributed by atoms with E-state index in [1.54, 1.807) is 11.3 Å². The number of nitrogens with one attached hydrogen (secondary N) is 1. The highest BCUT2D eigenvalue weighted by molar-refractivity contribution is 9.10. The largest absolute Gasteiger partial charge is 0.312 e. The molecule has 0 spiro atoms. The fourth-order valence-corrected chi connectivity index (χ4v) is 3.94. The Morgan fingerprint density at radius 1 is 1.42 bits per heavy atom. The lowest BCUT2D eigenvalue weighted by Crippen LogP contribution is -2.25. The smallest absolute Gasteiger partial charge is 0.168 e. The molecule has 1 aliphatic rings. The number of benzene rings is 1. The molecule has 98 valence electrons. The second-order valence-corrected chi connectivity index (χ2v) is 6.61. The Hall–Kier alpha value is -0.970. The van der Waals surface area contributed by atoms with Crippen LogP contribution in [-0.4, -0.2) is 12.3 Å². The fraction of sp³-hybridized carbons (Fsp3) is 0.267. The van der Waals surface area contributed by atoms with E-state index in [4.69, 9.17) is 0 Å². The van der Waals surface area contributed by atoms with Crippen LogP contribution in [0.15, 0.2) is 34.1 Å². The third-order valence-corrected chi connectivity index (χ3v) is 5.09. The minimum absolute atomic E-state index is 0.230.